The maximum atomic E-state index is 12.4. The molecular formula is C20H23N5O. The van der Waals surface area contributed by atoms with E-state index in [0.717, 1.165) is 16.7 Å². The molecule has 0 radical (unpaired) electrons. The molecule has 3 rings (SSSR count). The summed E-state index contributed by atoms with van der Waals surface area (Å²) in [5, 5.41) is 7.22. The molecule has 0 fully saturated rings. The van der Waals surface area contributed by atoms with E-state index in [1.165, 1.54) is 0 Å². The van der Waals surface area contributed by atoms with Crippen LogP contribution in [0.2, 0.25) is 0 Å². The summed E-state index contributed by atoms with van der Waals surface area (Å²) in [4.78, 5) is 20.7. The highest BCUT2D eigenvalue weighted by Crippen LogP contribution is 2.21. The molecule has 1 amide bonds. The fourth-order valence-corrected chi connectivity index (χ4v) is 2.53. The molecule has 0 saturated carbocycles. The van der Waals surface area contributed by atoms with Gasteiger partial charge in [-0.1, -0.05) is 30.3 Å². The minimum Gasteiger partial charge on any atom is -0.343 e. The predicted octanol–water partition coefficient (Wildman–Crippen LogP) is 3.59. The zero-order valence-corrected chi connectivity index (χ0v) is 15.5. The minimum atomic E-state index is -0.281. The normalized spacial score (nSPS) is 12.6. The molecule has 6 nitrogen and oxygen atoms in total. The van der Waals surface area contributed by atoms with E-state index in [2.05, 4.69) is 20.4 Å². The van der Waals surface area contributed by atoms with Crippen molar-refractivity contribution in [3.63, 3.8) is 0 Å². The molecule has 1 N–H and O–H groups in total. The maximum Gasteiger partial charge on any atom is 0.291 e. The van der Waals surface area contributed by atoms with Crippen LogP contribution < -0.4 is 5.32 Å². The van der Waals surface area contributed by atoms with Crippen LogP contribution in [0.4, 0.5) is 0 Å². The molecule has 1 aromatic carbocycles. The lowest BCUT2D eigenvalue weighted by atomic mass is 10.0. The second-order valence-corrected chi connectivity index (χ2v) is 7.24. The molecule has 3 aromatic rings. The van der Waals surface area contributed by atoms with Crippen LogP contribution in [0, 0.1) is 0 Å². The smallest absolute Gasteiger partial charge is 0.291 e. The zero-order chi connectivity index (χ0) is 18.7. The molecule has 0 saturated heterocycles. The summed E-state index contributed by atoms with van der Waals surface area (Å²) in [6, 6.07) is 11.9. The molecule has 134 valence electrons. The topological polar surface area (TPSA) is 72.7 Å². The van der Waals surface area contributed by atoms with Gasteiger partial charge in [-0.3, -0.25) is 9.78 Å². The van der Waals surface area contributed by atoms with Crippen LogP contribution in [0.15, 0.2) is 55.1 Å². The molecule has 1 unspecified atom stereocenters. The van der Waals surface area contributed by atoms with E-state index in [1.54, 1.807) is 17.2 Å². The third kappa shape index (κ3) is 3.96. The fourth-order valence-electron chi connectivity index (χ4n) is 2.53. The van der Waals surface area contributed by atoms with E-state index in [-0.39, 0.29) is 23.3 Å². The number of carbonyl (C=O) groups is 1. The highest BCUT2D eigenvalue weighted by molar-refractivity contribution is 5.90. The van der Waals surface area contributed by atoms with Crippen LogP contribution in [-0.2, 0) is 5.54 Å². The average Bonchev–Trinajstić information content (AvgIpc) is 3.13. The van der Waals surface area contributed by atoms with Gasteiger partial charge in [0.2, 0.25) is 5.82 Å². The van der Waals surface area contributed by atoms with Gasteiger partial charge in [0.25, 0.3) is 5.91 Å². The summed E-state index contributed by atoms with van der Waals surface area (Å²) in [6.07, 6.45) is 5.17. The first-order valence-corrected chi connectivity index (χ1v) is 8.58. The lowest BCUT2D eigenvalue weighted by molar-refractivity contribution is 0.0928. The molecule has 0 aliphatic rings. The summed E-state index contributed by atoms with van der Waals surface area (Å²) in [7, 11) is 0. The van der Waals surface area contributed by atoms with Gasteiger partial charge in [-0.05, 0) is 50.5 Å². The molecule has 0 spiro atoms. The number of hydrogen-bond acceptors (Lipinski definition) is 4. The minimum absolute atomic E-state index is 0.146. The number of nitrogens with one attached hydrogen (secondary N) is 1. The van der Waals surface area contributed by atoms with Crippen molar-refractivity contribution in [3.05, 3.63) is 66.5 Å². The summed E-state index contributed by atoms with van der Waals surface area (Å²) in [6.45, 7) is 7.97. The first kappa shape index (κ1) is 17.8. The van der Waals surface area contributed by atoms with Crippen molar-refractivity contribution < 1.29 is 4.79 Å². The number of benzene rings is 1. The van der Waals surface area contributed by atoms with E-state index >= 15 is 0 Å². The van der Waals surface area contributed by atoms with Crippen LogP contribution in [-0.4, -0.2) is 25.7 Å². The van der Waals surface area contributed by atoms with Crippen molar-refractivity contribution in [1.82, 2.24) is 25.1 Å². The van der Waals surface area contributed by atoms with Gasteiger partial charge in [-0.25, -0.2) is 9.67 Å². The lowest BCUT2D eigenvalue weighted by Crippen LogP contribution is -2.28. The van der Waals surface area contributed by atoms with Crippen molar-refractivity contribution in [2.24, 2.45) is 0 Å². The first-order valence-electron chi connectivity index (χ1n) is 8.58. The molecule has 0 aliphatic heterocycles. The van der Waals surface area contributed by atoms with Gasteiger partial charge < -0.3 is 5.32 Å². The number of pyridine rings is 1. The Morgan fingerprint density at radius 2 is 1.85 bits per heavy atom. The molecule has 6 heteroatoms. The fraction of sp³-hybridized carbons (Fsp3) is 0.300. The molecular weight excluding hydrogens is 326 g/mol. The second kappa shape index (κ2) is 7.07. The van der Waals surface area contributed by atoms with Crippen molar-refractivity contribution in [2.45, 2.75) is 39.3 Å². The monoisotopic (exact) mass is 349 g/mol. The molecule has 2 aromatic heterocycles. The molecule has 0 bridgehead atoms. The summed E-state index contributed by atoms with van der Waals surface area (Å²) < 4.78 is 1.69. The number of nitrogens with zero attached hydrogens (tertiary/aromatic N) is 4. The van der Waals surface area contributed by atoms with Gasteiger partial charge >= 0.3 is 0 Å². The largest absolute Gasteiger partial charge is 0.343 e. The van der Waals surface area contributed by atoms with Crippen LogP contribution in [0.3, 0.4) is 0 Å². The first-order chi connectivity index (χ1) is 12.3. The highest BCUT2D eigenvalue weighted by atomic mass is 16.2. The second-order valence-electron chi connectivity index (χ2n) is 7.24. The molecule has 0 aliphatic carbocycles. The average molecular weight is 349 g/mol. The van der Waals surface area contributed by atoms with Crippen molar-refractivity contribution in [2.75, 3.05) is 0 Å². The van der Waals surface area contributed by atoms with Gasteiger partial charge in [0.1, 0.15) is 6.33 Å². The van der Waals surface area contributed by atoms with E-state index in [1.807, 2.05) is 70.3 Å². The number of rotatable bonds is 4. The highest BCUT2D eigenvalue weighted by Gasteiger charge is 2.19. The Bertz CT molecular complexity index is 879. The summed E-state index contributed by atoms with van der Waals surface area (Å²) in [5.41, 5.74) is 2.96. The predicted molar refractivity (Wildman–Crippen MR) is 101 cm³/mol. The van der Waals surface area contributed by atoms with Crippen molar-refractivity contribution in [1.29, 1.82) is 0 Å². The summed E-state index contributed by atoms with van der Waals surface area (Å²) >= 11 is 0. The van der Waals surface area contributed by atoms with Crippen LogP contribution >= 0.6 is 0 Å². The third-order valence-electron chi connectivity index (χ3n) is 4.14. The van der Waals surface area contributed by atoms with Crippen molar-refractivity contribution >= 4 is 5.91 Å². The number of carbonyl (C=O) groups excluding carboxylic acids is 1. The van der Waals surface area contributed by atoms with Gasteiger partial charge in [0, 0.05) is 12.4 Å². The van der Waals surface area contributed by atoms with E-state index in [0.29, 0.717) is 0 Å². The maximum absolute atomic E-state index is 12.4. The number of hydrogen-bond donors (Lipinski definition) is 1. The van der Waals surface area contributed by atoms with Crippen LogP contribution in [0.1, 0.15) is 49.9 Å². The van der Waals surface area contributed by atoms with E-state index < -0.39 is 0 Å². The third-order valence-corrected chi connectivity index (χ3v) is 4.14. The zero-order valence-electron chi connectivity index (χ0n) is 15.5. The van der Waals surface area contributed by atoms with Gasteiger partial charge in [0.15, 0.2) is 0 Å². The Balaban J connectivity index is 1.69. The Kier molecular flexibility index (Phi) is 4.84. The Hall–Kier alpha value is -3.02. The van der Waals surface area contributed by atoms with Gasteiger partial charge in [-0.15, -0.1) is 5.10 Å². The molecule has 26 heavy (non-hydrogen) atoms. The van der Waals surface area contributed by atoms with E-state index in [9.17, 15) is 4.79 Å². The summed E-state index contributed by atoms with van der Waals surface area (Å²) in [5.74, 6) is -0.101. The van der Waals surface area contributed by atoms with Crippen molar-refractivity contribution in [3.8, 4) is 11.1 Å². The van der Waals surface area contributed by atoms with Gasteiger partial charge in [0.05, 0.1) is 11.6 Å². The molecule has 2 heterocycles. The Labute approximate surface area is 153 Å². The van der Waals surface area contributed by atoms with Crippen LogP contribution in [0.5, 0.6) is 0 Å². The Morgan fingerprint density at radius 1 is 1.12 bits per heavy atom. The van der Waals surface area contributed by atoms with Gasteiger partial charge in [-0.2, -0.15) is 0 Å². The van der Waals surface area contributed by atoms with E-state index in [4.69, 9.17) is 0 Å². The standard InChI is InChI=1S/C20H23N5O/c1-14(23-19(26)18-22-13-25(24-18)20(2,3)4)15-7-9-16(10-8-15)17-6-5-11-21-12-17/h5-14H,1-4H3,(H,23,26). The molecule has 1 atom stereocenters. The quantitative estimate of drug-likeness (QED) is 0.781. The Morgan fingerprint density at radius 3 is 2.42 bits per heavy atom. The SMILES string of the molecule is CC(NC(=O)c1ncn(C(C)(C)C)n1)c1ccc(-c2cccnc2)cc1. The number of aromatic nitrogens is 4. The van der Waals surface area contributed by atoms with Crippen LogP contribution in [0.25, 0.3) is 11.1 Å². The lowest BCUT2D eigenvalue weighted by Gasteiger charge is -2.17. The number of amides is 1.